The fourth-order valence-electron chi connectivity index (χ4n) is 9.73. The third-order valence-electron chi connectivity index (χ3n) is 14.4. The quantitative estimate of drug-likeness (QED) is 0.0734. The minimum Gasteiger partial charge on any atom is -0.458 e. The van der Waals surface area contributed by atoms with Gasteiger partial charge >= 0.3 is 11.9 Å². The number of fused-ring (bicyclic) bond motifs is 2. The van der Waals surface area contributed by atoms with Gasteiger partial charge in [0.1, 0.15) is 30.2 Å². The molecule has 0 unspecified atom stereocenters. The monoisotopic (exact) mass is 1000 g/mol. The van der Waals surface area contributed by atoms with Crippen LogP contribution >= 0.6 is 0 Å². The Labute approximate surface area is 425 Å². The molecule has 0 saturated heterocycles. The van der Waals surface area contributed by atoms with Gasteiger partial charge < -0.3 is 57.4 Å². The summed E-state index contributed by atoms with van der Waals surface area (Å²) in [5.74, 6) is -2.75. The highest BCUT2D eigenvalue weighted by atomic mass is 16.6. The van der Waals surface area contributed by atoms with Crippen LogP contribution in [0.25, 0.3) is 0 Å². The van der Waals surface area contributed by atoms with Crippen molar-refractivity contribution in [2.75, 3.05) is 63.9 Å². The second kappa shape index (κ2) is 33.1. The molecule has 2 bridgehead atoms. The molecule has 17 atom stereocenters. The Kier molecular flexibility index (Phi) is 29.5. The number of esters is 2. The Morgan fingerprint density at radius 1 is 0.803 bits per heavy atom. The summed E-state index contributed by atoms with van der Waals surface area (Å²) in [6.45, 7) is 13.7. The van der Waals surface area contributed by atoms with Gasteiger partial charge in [0.05, 0.1) is 42.7 Å². The lowest BCUT2D eigenvalue weighted by molar-refractivity contribution is -0.162. The van der Waals surface area contributed by atoms with Gasteiger partial charge in [0.2, 0.25) is 6.41 Å². The molecule has 404 valence electrons. The molecular formula is C55H89NO15. The Hall–Kier alpha value is -3.84. The highest BCUT2D eigenvalue weighted by Gasteiger charge is 2.43. The third kappa shape index (κ3) is 19.8. The summed E-state index contributed by atoms with van der Waals surface area (Å²) < 4.78 is 59.6. The molecule has 0 saturated carbocycles. The van der Waals surface area contributed by atoms with Gasteiger partial charge in [-0.15, -0.1) is 0 Å². The number of amides is 1. The van der Waals surface area contributed by atoms with Gasteiger partial charge in [-0.1, -0.05) is 89.6 Å². The number of hydrogen-bond donors (Lipinski definition) is 1. The average molecular weight is 1000 g/mol. The normalized spacial score (nSPS) is 33.2. The standard InChI is InChI=1S/C55H89NO15/c1-34-19-17-21-49(59)70-53(40(7)52(68-15)36(3)24-27-44(58)38(5)45(64-11)20-18-28-56(8)33-57)37(4)23-26-41(62-9)30-46(65-12)35(2)22-25-42(63-10)31-47(66-13)39(6)54-51(61)43(32-50(60)71-54)55(69-16)48(29-34)67-14/h17-19,21-23,25-26,28,32-33,35-42,45-48,51-55,61H,20,24,27,29-31H2,1-16H3/b21-17+,25-22+,26-23+,28-18+,34-19+/t35-,36+,37-,38-,39+,40+,41-,42-,45-,46-,47-,48+,51+,52+,53+,54+,55-/m0/s1. The van der Waals surface area contributed by atoms with Crippen molar-refractivity contribution in [3.05, 3.63) is 72.0 Å². The Morgan fingerprint density at radius 3 is 1.96 bits per heavy atom. The van der Waals surface area contributed by atoms with Crippen LogP contribution in [-0.4, -0.2) is 165 Å². The lowest BCUT2D eigenvalue weighted by Gasteiger charge is -2.39. The zero-order valence-corrected chi connectivity index (χ0v) is 45.5. The first-order chi connectivity index (χ1) is 33.8. The molecule has 0 aromatic heterocycles. The topological polar surface area (TPSA) is 184 Å². The van der Waals surface area contributed by atoms with Crippen molar-refractivity contribution < 1.29 is 71.7 Å². The summed E-state index contributed by atoms with van der Waals surface area (Å²) in [5, 5.41) is 11.8. The molecule has 0 radical (unpaired) electrons. The number of cyclic esters (lactones) is 1. The van der Waals surface area contributed by atoms with Gasteiger partial charge in [0, 0.05) is 137 Å². The number of methoxy groups -OCH3 is 8. The SMILES string of the molecule is CO[C@@H]([C@@H](C)[C@@H]1OC(=O)/C=C/C=C(\C)C[C@@H](OC)[C@@H](OC)C2=CC(=O)O[C@H]([C@H](C)[C@@H](OC)C[C@@H](OC)/C=C/[C@H](C)[C@@H](OC)C[C@@H](OC)/C=C/[C@@H]1C)[C@@H]2O)[C@H](C)CCC(=O)[C@H](C)[C@H](C/C=C/N(C)C=O)OC. The van der Waals surface area contributed by atoms with Crippen molar-refractivity contribution >= 4 is 24.1 Å². The van der Waals surface area contributed by atoms with E-state index in [2.05, 4.69) is 6.92 Å². The first kappa shape index (κ1) is 63.3. The average Bonchev–Trinajstić information content (AvgIpc) is 3.36. The van der Waals surface area contributed by atoms with Gasteiger partial charge in [0.25, 0.3) is 0 Å². The summed E-state index contributed by atoms with van der Waals surface area (Å²) in [6.07, 6.45) is 14.2. The minimum absolute atomic E-state index is 0.0551. The molecule has 0 aromatic carbocycles. The number of hydrogen-bond acceptors (Lipinski definition) is 15. The van der Waals surface area contributed by atoms with Crippen LogP contribution in [0.2, 0.25) is 0 Å². The van der Waals surface area contributed by atoms with E-state index in [1.54, 1.807) is 68.1 Å². The molecule has 71 heavy (non-hydrogen) atoms. The zero-order chi connectivity index (χ0) is 53.4. The molecule has 1 amide bonds. The minimum atomic E-state index is -1.22. The molecule has 0 fully saturated rings. The number of aliphatic hydroxyl groups is 1. The molecule has 0 aromatic rings. The predicted molar refractivity (Wildman–Crippen MR) is 272 cm³/mol. The number of ketones is 1. The van der Waals surface area contributed by atoms with Crippen LogP contribution in [0, 0.1) is 35.5 Å². The number of Topliss-reactive ketones (excluding diaryl/α,β-unsaturated/α-hetero) is 1. The number of carbonyl (C=O) groups excluding carboxylic acids is 4. The number of rotatable bonds is 20. The molecule has 2 rings (SSSR count). The Balaban J connectivity index is 2.59. The third-order valence-corrected chi connectivity index (χ3v) is 14.4. The maximum absolute atomic E-state index is 13.8. The molecule has 1 N–H and O–H groups in total. The number of allylic oxidation sites excluding steroid dienone is 2. The van der Waals surface area contributed by atoms with Crippen LogP contribution in [0.1, 0.15) is 87.0 Å². The zero-order valence-electron chi connectivity index (χ0n) is 45.5. The fraction of sp³-hybridized carbons (Fsp3) is 0.709. The molecule has 2 heterocycles. The molecule has 16 nitrogen and oxygen atoms in total. The lowest BCUT2D eigenvalue weighted by Crippen LogP contribution is -2.50. The van der Waals surface area contributed by atoms with Crippen molar-refractivity contribution in [2.45, 2.75) is 154 Å². The van der Waals surface area contributed by atoms with Gasteiger partial charge in [-0.05, 0) is 32.1 Å². The van der Waals surface area contributed by atoms with Crippen LogP contribution < -0.4 is 0 Å². The molecule has 2 aliphatic heterocycles. The van der Waals surface area contributed by atoms with E-state index < -0.39 is 60.6 Å². The van der Waals surface area contributed by atoms with Crippen molar-refractivity contribution in [1.29, 1.82) is 0 Å². The molecule has 2 aliphatic rings. The van der Waals surface area contributed by atoms with E-state index in [-0.39, 0.29) is 59.8 Å². The van der Waals surface area contributed by atoms with Crippen LogP contribution in [0.5, 0.6) is 0 Å². The van der Waals surface area contributed by atoms with E-state index in [0.29, 0.717) is 50.5 Å². The van der Waals surface area contributed by atoms with Crippen molar-refractivity contribution in [2.24, 2.45) is 35.5 Å². The summed E-state index contributed by atoms with van der Waals surface area (Å²) in [5.41, 5.74) is 1.15. The molecule has 16 heteroatoms. The number of aliphatic hydroxyl groups excluding tert-OH is 1. The van der Waals surface area contributed by atoms with Gasteiger partial charge in [-0.2, -0.15) is 0 Å². The van der Waals surface area contributed by atoms with Gasteiger partial charge in [-0.25, -0.2) is 9.59 Å². The maximum Gasteiger partial charge on any atom is 0.331 e. The first-order valence-electron chi connectivity index (χ1n) is 24.9. The highest BCUT2D eigenvalue weighted by molar-refractivity contribution is 5.84. The second-order valence-corrected chi connectivity index (χ2v) is 19.3. The van der Waals surface area contributed by atoms with Crippen LogP contribution in [0.3, 0.4) is 0 Å². The predicted octanol–water partition coefficient (Wildman–Crippen LogP) is 7.19. The molecule has 0 aliphatic carbocycles. The fourth-order valence-corrected chi connectivity index (χ4v) is 9.73. The van der Waals surface area contributed by atoms with E-state index >= 15 is 0 Å². The molecule has 0 spiro atoms. The van der Waals surface area contributed by atoms with E-state index in [0.717, 1.165) is 5.57 Å². The number of carbonyl (C=O) groups is 4. The summed E-state index contributed by atoms with van der Waals surface area (Å²) in [6, 6.07) is 0. The largest absolute Gasteiger partial charge is 0.458 e. The number of ether oxygens (including phenoxy) is 10. The highest BCUT2D eigenvalue weighted by Crippen LogP contribution is 2.34. The van der Waals surface area contributed by atoms with Crippen LogP contribution in [-0.2, 0) is 66.5 Å². The van der Waals surface area contributed by atoms with Crippen molar-refractivity contribution in [1.82, 2.24) is 4.90 Å². The smallest absolute Gasteiger partial charge is 0.331 e. The van der Waals surface area contributed by atoms with Crippen molar-refractivity contribution in [3.63, 3.8) is 0 Å². The van der Waals surface area contributed by atoms with Gasteiger partial charge in [0.15, 0.2) is 0 Å². The molecular weight excluding hydrogens is 915 g/mol. The summed E-state index contributed by atoms with van der Waals surface area (Å²) >= 11 is 0. The summed E-state index contributed by atoms with van der Waals surface area (Å²) in [4.78, 5) is 52.9. The first-order valence-corrected chi connectivity index (χ1v) is 24.9. The summed E-state index contributed by atoms with van der Waals surface area (Å²) in [7, 11) is 14.4. The van der Waals surface area contributed by atoms with E-state index in [9.17, 15) is 24.3 Å². The van der Waals surface area contributed by atoms with Gasteiger partial charge in [-0.3, -0.25) is 9.59 Å². The van der Waals surface area contributed by atoms with Crippen molar-refractivity contribution in [3.8, 4) is 0 Å². The lowest BCUT2D eigenvalue weighted by atomic mass is 9.81. The van der Waals surface area contributed by atoms with E-state index in [4.69, 9.17) is 47.4 Å². The second-order valence-electron chi connectivity index (χ2n) is 19.3. The Bertz CT molecular complexity index is 1790. The number of nitrogens with zero attached hydrogens (tertiary/aromatic N) is 1. The van der Waals surface area contributed by atoms with Crippen LogP contribution in [0.4, 0.5) is 0 Å². The van der Waals surface area contributed by atoms with E-state index in [1.807, 2.05) is 71.9 Å². The maximum atomic E-state index is 13.8. The Morgan fingerprint density at radius 2 is 1.41 bits per heavy atom. The van der Waals surface area contributed by atoms with Crippen LogP contribution in [0.15, 0.2) is 72.0 Å². The van der Waals surface area contributed by atoms with E-state index in [1.165, 1.54) is 31.3 Å².